The third kappa shape index (κ3) is 3.35. The Hall–Kier alpha value is -1.36. The number of aryl methyl sites for hydroxylation is 1. The van der Waals surface area contributed by atoms with Gasteiger partial charge in [-0.2, -0.15) is 5.10 Å². The lowest BCUT2D eigenvalue weighted by Gasteiger charge is -2.34. The molecule has 1 aromatic rings. The van der Waals surface area contributed by atoms with Crippen molar-refractivity contribution >= 4 is 5.91 Å². The molecule has 0 saturated carbocycles. The molecule has 1 aromatic heterocycles. The number of piperidine rings is 1. The highest BCUT2D eigenvalue weighted by molar-refractivity contribution is 5.78. The lowest BCUT2D eigenvalue weighted by molar-refractivity contribution is -0.136. The van der Waals surface area contributed by atoms with Crippen molar-refractivity contribution in [1.29, 1.82) is 0 Å². The van der Waals surface area contributed by atoms with Crippen LogP contribution in [0.1, 0.15) is 31.4 Å². The summed E-state index contributed by atoms with van der Waals surface area (Å²) < 4.78 is 2.01. The number of rotatable bonds is 4. The summed E-state index contributed by atoms with van der Waals surface area (Å²) in [5, 5.41) is 7.45. The lowest BCUT2D eigenvalue weighted by Crippen LogP contribution is -2.44. The Morgan fingerprint density at radius 2 is 2.42 bits per heavy atom. The highest BCUT2D eigenvalue weighted by Crippen LogP contribution is 2.22. The first-order valence-electron chi connectivity index (χ1n) is 7.06. The molecule has 1 amide bonds. The van der Waals surface area contributed by atoms with Crippen molar-refractivity contribution in [3.63, 3.8) is 0 Å². The minimum absolute atomic E-state index is 0.0445. The van der Waals surface area contributed by atoms with Gasteiger partial charge in [-0.25, -0.2) is 0 Å². The van der Waals surface area contributed by atoms with E-state index >= 15 is 0 Å². The zero-order valence-corrected chi connectivity index (χ0v) is 12.1. The second-order valence-corrected chi connectivity index (χ2v) is 5.54. The highest BCUT2D eigenvalue weighted by atomic mass is 16.2. The van der Waals surface area contributed by atoms with Crippen LogP contribution in [0.15, 0.2) is 12.4 Å². The number of hydrogen-bond acceptors (Lipinski definition) is 3. The smallest absolute Gasteiger partial charge is 0.226 e. The Bertz CT molecular complexity index is 429. The number of nitrogens with one attached hydrogen (secondary N) is 1. The number of carbonyl (C=O) groups excluding carboxylic acids is 1. The maximum atomic E-state index is 12.3. The summed E-state index contributed by atoms with van der Waals surface area (Å²) in [6.45, 7) is 6.43. The third-order valence-electron chi connectivity index (χ3n) is 3.74. The Kier molecular flexibility index (Phi) is 4.58. The van der Waals surface area contributed by atoms with Crippen LogP contribution in [0.25, 0.3) is 0 Å². The van der Waals surface area contributed by atoms with Crippen molar-refractivity contribution in [2.24, 2.45) is 5.92 Å². The van der Waals surface area contributed by atoms with E-state index in [-0.39, 0.29) is 11.8 Å². The standard InChI is InChI=1S/C14H24N4O/c1-11-7-16-18(9-11)13-5-4-6-17(10-13)14(19)12(2)8-15-3/h7,9,12-13,15H,4-6,8,10H2,1-3H3. The minimum Gasteiger partial charge on any atom is -0.340 e. The molecule has 1 fully saturated rings. The largest absolute Gasteiger partial charge is 0.340 e. The van der Waals surface area contributed by atoms with E-state index < -0.39 is 0 Å². The van der Waals surface area contributed by atoms with Gasteiger partial charge in [-0.05, 0) is 32.4 Å². The summed E-state index contributed by atoms with van der Waals surface area (Å²) in [6, 6.07) is 0.327. The van der Waals surface area contributed by atoms with Crippen LogP contribution in [0.4, 0.5) is 0 Å². The molecule has 5 nitrogen and oxygen atoms in total. The highest BCUT2D eigenvalue weighted by Gasteiger charge is 2.27. The molecule has 2 atom stereocenters. The molecule has 1 aliphatic heterocycles. The Balaban J connectivity index is 1.99. The number of nitrogens with zero attached hydrogens (tertiary/aromatic N) is 3. The van der Waals surface area contributed by atoms with Crippen LogP contribution in [0.2, 0.25) is 0 Å². The number of amides is 1. The van der Waals surface area contributed by atoms with Gasteiger partial charge >= 0.3 is 0 Å². The summed E-state index contributed by atoms with van der Waals surface area (Å²) >= 11 is 0. The van der Waals surface area contributed by atoms with Crippen molar-refractivity contribution in [2.75, 3.05) is 26.7 Å². The molecule has 19 heavy (non-hydrogen) atoms. The van der Waals surface area contributed by atoms with Crippen molar-refractivity contribution in [3.8, 4) is 0 Å². The van der Waals surface area contributed by atoms with E-state index in [9.17, 15) is 4.79 Å². The molecule has 106 valence electrons. The van der Waals surface area contributed by atoms with Crippen LogP contribution >= 0.6 is 0 Å². The van der Waals surface area contributed by atoms with Crippen molar-refractivity contribution in [2.45, 2.75) is 32.7 Å². The van der Waals surface area contributed by atoms with Crippen LogP contribution in [-0.2, 0) is 4.79 Å². The van der Waals surface area contributed by atoms with Crippen LogP contribution in [-0.4, -0.2) is 47.3 Å². The number of aromatic nitrogens is 2. The van der Waals surface area contributed by atoms with Gasteiger partial charge in [0.25, 0.3) is 0 Å². The second kappa shape index (κ2) is 6.19. The predicted molar refractivity (Wildman–Crippen MR) is 74.9 cm³/mol. The predicted octanol–water partition coefficient (Wildman–Crippen LogP) is 1.21. The average molecular weight is 264 g/mol. The van der Waals surface area contributed by atoms with Crippen LogP contribution < -0.4 is 5.32 Å². The Labute approximate surface area is 115 Å². The molecule has 0 spiro atoms. The first-order chi connectivity index (χ1) is 9.11. The SMILES string of the molecule is CNCC(C)C(=O)N1CCCC(n2cc(C)cn2)C1. The van der Waals surface area contributed by atoms with Gasteiger partial charge < -0.3 is 10.2 Å². The van der Waals surface area contributed by atoms with Crippen molar-refractivity contribution in [1.82, 2.24) is 20.0 Å². The molecule has 0 radical (unpaired) electrons. The molecule has 0 aromatic carbocycles. The van der Waals surface area contributed by atoms with Gasteiger partial charge in [0.2, 0.25) is 5.91 Å². The van der Waals surface area contributed by atoms with Crippen molar-refractivity contribution in [3.05, 3.63) is 18.0 Å². The molecule has 2 unspecified atom stereocenters. The maximum Gasteiger partial charge on any atom is 0.226 e. The summed E-state index contributed by atoms with van der Waals surface area (Å²) in [5.41, 5.74) is 1.17. The molecule has 2 heterocycles. The molecule has 2 rings (SSSR count). The fraction of sp³-hybridized carbons (Fsp3) is 0.714. The van der Waals surface area contributed by atoms with E-state index in [4.69, 9.17) is 0 Å². The summed E-state index contributed by atoms with van der Waals surface area (Å²) in [4.78, 5) is 14.3. The van der Waals surface area contributed by atoms with E-state index in [0.717, 1.165) is 32.5 Å². The van der Waals surface area contributed by atoms with Crippen LogP contribution in [0.5, 0.6) is 0 Å². The van der Waals surface area contributed by atoms with Gasteiger partial charge in [0.1, 0.15) is 0 Å². The fourth-order valence-electron chi connectivity index (χ4n) is 2.71. The second-order valence-electron chi connectivity index (χ2n) is 5.54. The summed E-state index contributed by atoms with van der Waals surface area (Å²) in [5.74, 6) is 0.297. The molecule has 5 heteroatoms. The van der Waals surface area contributed by atoms with E-state index in [1.165, 1.54) is 5.56 Å². The fourth-order valence-corrected chi connectivity index (χ4v) is 2.71. The number of likely N-dealkylation sites (tertiary alicyclic amines) is 1. The lowest BCUT2D eigenvalue weighted by atomic mass is 10.0. The minimum atomic E-state index is 0.0445. The molecule has 0 bridgehead atoms. The topological polar surface area (TPSA) is 50.2 Å². The molecular formula is C14H24N4O. The normalized spacial score (nSPS) is 21.4. The Morgan fingerprint density at radius 1 is 1.63 bits per heavy atom. The monoisotopic (exact) mass is 264 g/mol. The van der Waals surface area contributed by atoms with Gasteiger partial charge in [-0.3, -0.25) is 9.48 Å². The molecule has 1 aliphatic rings. The Morgan fingerprint density at radius 3 is 3.05 bits per heavy atom. The van der Waals surface area contributed by atoms with E-state index in [1.807, 2.05) is 36.7 Å². The van der Waals surface area contributed by atoms with Crippen LogP contribution in [0, 0.1) is 12.8 Å². The van der Waals surface area contributed by atoms with Gasteiger partial charge in [-0.1, -0.05) is 6.92 Å². The van der Waals surface area contributed by atoms with Gasteiger partial charge in [0, 0.05) is 31.7 Å². The van der Waals surface area contributed by atoms with Gasteiger partial charge in [-0.15, -0.1) is 0 Å². The quantitative estimate of drug-likeness (QED) is 0.889. The van der Waals surface area contributed by atoms with E-state index in [2.05, 4.69) is 16.6 Å². The first kappa shape index (κ1) is 14.1. The average Bonchev–Trinajstić information content (AvgIpc) is 2.85. The number of hydrogen-bond donors (Lipinski definition) is 1. The van der Waals surface area contributed by atoms with Crippen molar-refractivity contribution < 1.29 is 4.79 Å². The number of carbonyl (C=O) groups is 1. The van der Waals surface area contributed by atoms with Gasteiger partial charge in [0.05, 0.1) is 12.2 Å². The van der Waals surface area contributed by atoms with Gasteiger partial charge in [0.15, 0.2) is 0 Å². The summed E-state index contributed by atoms with van der Waals surface area (Å²) in [6.07, 6.45) is 6.10. The zero-order chi connectivity index (χ0) is 13.8. The van der Waals surface area contributed by atoms with E-state index in [0.29, 0.717) is 6.04 Å². The molecule has 1 saturated heterocycles. The zero-order valence-electron chi connectivity index (χ0n) is 12.1. The first-order valence-corrected chi connectivity index (χ1v) is 7.06. The molecule has 0 aliphatic carbocycles. The molecular weight excluding hydrogens is 240 g/mol. The van der Waals surface area contributed by atoms with E-state index in [1.54, 1.807) is 0 Å². The maximum absolute atomic E-state index is 12.3. The summed E-state index contributed by atoms with van der Waals surface area (Å²) in [7, 11) is 1.88. The molecule has 1 N–H and O–H groups in total. The third-order valence-corrected chi connectivity index (χ3v) is 3.74. The van der Waals surface area contributed by atoms with Crippen LogP contribution in [0.3, 0.4) is 0 Å².